The third-order valence-corrected chi connectivity index (χ3v) is 2.29. The zero-order valence-electron chi connectivity index (χ0n) is 7.22. The maximum absolute atomic E-state index is 12.2. The molecule has 0 spiro atoms. The second-order valence-electron chi connectivity index (χ2n) is 2.04. The van der Waals surface area contributed by atoms with Gasteiger partial charge in [0, 0.05) is 0 Å². The van der Waals surface area contributed by atoms with E-state index in [1.807, 2.05) is 0 Å². The fourth-order valence-corrected chi connectivity index (χ4v) is 1.06. The SMILES string of the molecule is C=CCOS(=O)(=O)C(F)(F)C(F)(F)F.N. The topological polar surface area (TPSA) is 78.4 Å². The van der Waals surface area contributed by atoms with Crippen molar-refractivity contribution in [1.82, 2.24) is 6.15 Å². The van der Waals surface area contributed by atoms with E-state index in [1.165, 1.54) is 0 Å². The Kier molecular flexibility index (Phi) is 5.40. The van der Waals surface area contributed by atoms with Crippen LogP contribution < -0.4 is 6.15 Å². The predicted molar refractivity (Wildman–Crippen MR) is 41.1 cm³/mol. The van der Waals surface area contributed by atoms with E-state index in [-0.39, 0.29) is 6.15 Å². The Balaban J connectivity index is 0. The second-order valence-corrected chi connectivity index (χ2v) is 3.70. The van der Waals surface area contributed by atoms with Crippen LogP contribution in [0.25, 0.3) is 0 Å². The van der Waals surface area contributed by atoms with Crippen LogP contribution >= 0.6 is 0 Å². The standard InChI is InChI=1S/C5H5F5O3S.H3N/c1-2-3-13-14(11,12)5(9,10)4(6,7)8;/h2H,1,3H2;1H3. The van der Waals surface area contributed by atoms with Crippen LogP contribution in [0.3, 0.4) is 0 Å². The summed E-state index contributed by atoms with van der Waals surface area (Å²) in [5.74, 6) is 0. The molecule has 4 nitrogen and oxygen atoms in total. The van der Waals surface area contributed by atoms with Crippen LogP contribution in [-0.4, -0.2) is 26.5 Å². The molecule has 3 N–H and O–H groups in total. The molecule has 0 unspecified atom stereocenters. The zero-order chi connectivity index (χ0) is 11.6. The molecule has 0 bridgehead atoms. The van der Waals surface area contributed by atoms with Crippen LogP contribution in [0, 0.1) is 0 Å². The third-order valence-electron chi connectivity index (χ3n) is 0.985. The monoisotopic (exact) mass is 257 g/mol. The summed E-state index contributed by atoms with van der Waals surface area (Å²) in [6.07, 6.45) is -5.48. The number of hydrogen-bond donors (Lipinski definition) is 1. The molecule has 0 amide bonds. The molecule has 0 aromatic rings. The van der Waals surface area contributed by atoms with Gasteiger partial charge in [-0.15, -0.1) is 6.58 Å². The van der Waals surface area contributed by atoms with E-state index in [9.17, 15) is 30.4 Å². The van der Waals surface area contributed by atoms with Gasteiger partial charge in [-0.05, 0) is 0 Å². The van der Waals surface area contributed by atoms with Crippen LogP contribution in [0.15, 0.2) is 12.7 Å². The van der Waals surface area contributed by atoms with E-state index in [1.54, 1.807) is 0 Å². The molecule has 0 aliphatic heterocycles. The molecule has 0 heterocycles. The van der Waals surface area contributed by atoms with E-state index in [2.05, 4.69) is 10.8 Å². The number of hydrogen-bond acceptors (Lipinski definition) is 4. The van der Waals surface area contributed by atoms with Gasteiger partial charge in [0.25, 0.3) is 0 Å². The molecule has 0 fully saturated rings. The van der Waals surface area contributed by atoms with Crippen LogP contribution in [0.4, 0.5) is 22.0 Å². The van der Waals surface area contributed by atoms with Crippen molar-refractivity contribution in [3.8, 4) is 0 Å². The van der Waals surface area contributed by atoms with Gasteiger partial charge in [-0.25, -0.2) is 0 Å². The largest absolute Gasteiger partial charge is 0.472 e. The minimum Gasteiger partial charge on any atom is -0.344 e. The van der Waals surface area contributed by atoms with E-state index >= 15 is 0 Å². The molecule has 0 saturated heterocycles. The summed E-state index contributed by atoms with van der Waals surface area (Å²) in [5.41, 5.74) is 0. The maximum Gasteiger partial charge on any atom is 0.472 e. The van der Waals surface area contributed by atoms with Gasteiger partial charge >= 0.3 is 21.5 Å². The maximum atomic E-state index is 12.2. The van der Waals surface area contributed by atoms with Crippen molar-refractivity contribution in [2.24, 2.45) is 0 Å². The predicted octanol–water partition coefficient (Wildman–Crippen LogP) is 1.84. The summed E-state index contributed by atoms with van der Waals surface area (Å²) < 4.78 is 82.9. The van der Waals surface area contributed by atoms with Crippen LogP contribution in [0.5, 0.6) is 0 Å². The molecule has 10 heteroatoms. The van der Waals surface area contributed by atoms with Gasteiger partial charge in [0.1, 0.15) is 0 Å². The van der Waals surface area contributed by atoms with Gasteiger partial charge < -0.3 is 6.15 Å². The van der Waals surface area contributed by atoms with Crippen molar-refractivity contribution in [2.75, 3.05) is 6.61 Å². The van der Waals surface area contributed by atoms with Crippen molar-refractivity contribution in [3.05, 3.63) is 12.7 Å². The molecule has 0 saturated carbocycles. The summed E-state index contributed by atoms with van der Waals surface area (Å²) in [4.78, 5) is 0. The van der Waals surface area contributed by atoms with Gasteiger partial charge in [0.2, 0.25) is 0 Å². The lowest BCUT2D eigenvalue weighted by atomic mass is 10.7. The number of alkyl halides is 5. The quantitative estimate of drug-likeness (QED) is 0.473. The lowest BCUT2D eigenvalue weighted by Gasteiger charge is -2.18. The lowest BCUT2D eigenvalue weighted by molar-refractivity contribution is -0.244. The molecular weight excluding hydrogens is 249 g/mol. The van der Waals surface area contributed by atoms with E-state index in [4.69, 9.17) is 0 Å². The highest BCUT2D eigenvalue weighted by molar-refractivity contribution is 7.87. The first-order valence-corrected chi connectivity index (χ1v) is 4.41. The minimum absolute atomic E-state index is 0. The van der Waals surface area contributed by atoms with Crippen molar-refractivity contribution < 1.29 is 34.6 Å². The van der Waals surface area contributed by atoms with Crippen molar-refractivity contribution in [1.29, 1.82) is 0 Å². The third kappa shape index (κ3) is 3.39. The van der Waals surface area contributed by atoms with Crippen molar-refractivity contribution in [2.45, 2.75) is 11.4 Å². The van der Waals surface area contributed by atoms with Crippen molar-refractivity contribution in [3.63, 3.8) is 0 Å². The molecular formula is C5H8F5NO3S. The highest BCUT2D eigenvalue weighted by Crippen LogP contribution is 2.40. The first-order valence-electron chi connectivity index (χ1n) is 3.00. The summed E-state index contributed by atoms with van der Waals surface area (Å²) in [6, 6.07) is 0. The molecule has 0 aromatic heterocycles. The Morgan fingerprint density at radius 1 is 1.20 bits per heavy atom. The average Bonchev–Trinajstić information content (AvgIpc) is 1.98. The number of rotatable bonds is 4. The second kappa shape index (κ2) is 4.86. The van der Waals surface area contributed by atoms with Gasteiger partial charge in [-0.3, -0.25) is 4.18 Å². The normalized spacial score (nSPS) is 13.1. The highest BCUT2D eigenvalue weighted by Gasteiger charge is 2.68. The highest BCUT2D eigenvalue weighted by atomic mass is 32.2. The minimum atomic E-state index is -6.20. The first-order chi connectivity index (χ1) is 6.06. The average molecular weight is 257 g/mol. The Hall–Kier alpha value is -0.740. The molecule has 0 aliphatic carbocycles. The van der Waals surface area contributed by atoms with Crippen LogP contribution in [0.1, 0.15) is 0 Å². The first kappa shape index (κ1) is 16.7. The Labute approximate surface area is 82.4 Å². The lowest BCUT2D eigenvalue weighted by Crippen LogP contribution is -2.44. The Morgan fingerprint density at radius 2 is 1.60 bits per heavy atom. The van der Waals surface area contributed by atoms with E-state index in [0.717, 1.165) is 6.08 Å². The molecule has 0 aromatic carbocycles. The fraction of sp³-hybridized carbons (Fsp3) is 0.600. The summed E-state index contributed by atoms with van der Waals surface area (Å²) in [5, 5.41) is -5.91. The Morgan fingerprint density at radius 3 is 1.87 bits per heavy atom. The number of halogens is 5. The van der Waals surface area contributed by atoms with Gasteiger partial charge in [0.05, 0.1) is 6.61 Å². The summed E-state index contributed by atoms with van der Waals surface area (Å²) in [6.45, 7) is 1.94. The van der Waals surface area contributed by atoms with Crippen molar-refractivity contribution >= 4 is 10.1 Å². The molecule has 0 rings (SSSR count). The Bertz CT molecular complexity index is 309. The zero-order valence-corrected chi connectivity index (χ0v) is 8.04. The summed E-state index contributed by atoms with van der Waals surface area (Å²) >= 11 is 0. The van der Waals surface area contributed by atoms with Gasteiger partial charge in [0.15, 0.2) is 0 Å². The van der Waals surface area contributed by atoms with Crippen LogP contribution in [0.2, 0.25) is 0 Å². The van der Waals surface area contributed by atoms with Gasteiger partial charge in [-0.2, -0.15) is 30.4 Å². The smallest absolute Gasteiger partial charge is 0.344 e. The molecule has 0 aliphatic rings. The summed E-state index contributed by atoms with van der Waals surface area (Å²) in [7, 11) is -6.01. The fourth-order valence-electron chi connectivity index (χ4n) is 0.353. The van der Waals surface area contributed by atoms with Gasteiger partial charge in [-0.1, -0.05) is 6.08 Å². The molecule has 0 radical (unpaired) electrons. The van der Waals surface area contributed by atoms with Crippen LogP contribution in [-0.2, 0) is 14.3 Å². The van der Waals surface area contributed by atoms with E-state index in [0.29, 0.717) is 0 Å². The molecule has 92 valence electrons. The van der Waals surface area contributed by atoms with E-state index < -0.39 is 28.2 Å². The molecule has 0 atom stereocenters. The molecule has 15 heavy (non-hydrogen) atoms.